The van der Waals surface area contributed by atoms with Gasteiger partial charge in [0.15, 0.2) is 5.78 Å². The molecule has 0 unspecified atom stereocenters. The molecular formula is C13H13BN2O4. The third-order valence-electron chi connectivity index (χ3n) is 2.88. The summed E-state index contributed by atoms with van der Waals surface area (Å²) in [7, 11) is -1.72. The Labute approximate surface area is 115 Å². The topological polar surface area (TPSA) is 130 Å². The summed E-state index contributed by atoms with van der Waals surface area (Å²) in [5.74, 6) is -0.823. The minimum atomic E-state index is -1.72. The smallest absolute Gasteiger partial charge is 0.488 e. The number of ketones is 1. The maximum Gasteiger partial charge on any atom is 0.488 e. The van der Waals surface area contributed by atoms with Crippen molar-refractivity contribution in [2.75, 3.05) is 11.5 Å². The van der Waals surface area contributed by atoms with Gasteiger partial charge in [0.05, 0.1) is 5.56 Å². The average molecular weight is 272 g/mol. The van der Waals surface area contributed by atoms with Crippen LogP contribution in [0.5, 0.6) is 5.75 Å². The van der Waals surface area contributed by atoms with Crippen LogP contribution in [0.25, 0.3) is 0 Å². The third-order valence-corrected chi connectivity index (χ3v) is 2.88. The van der Waals surface area contributed by atoms with Crippen molar-refractivity contribution in [3.63, 3.8) is 0 Å². The molecule has 2 aromatic carbocycles. The standard InChI is InChI=1S/C13H13BN2O4/c15-8-2-4-9(11(16)6-8)13(18)10-3-1-7(14(19)20)5-12(10)17/h1-6,17,19-20H,15-16H2. The monoisotopic (exact) mass is 272 g/mol. The summed E-state index contributed by atoms with van der Waals surface area (Å²) in [5, 5.41) is 27.8. The van der Waals surface area contributed by atoms with E-state index in [-0.39, 0.29) is 28.0 Å². The molecule has 0 heterocycles. The van der Waals surface area contributed by atoms with Crippen LogP contribution in [0.15, 0.2) is 36.4 Å². The third kappa shape index (κ3) is 2.58. The summed E-state index contributed by atoms with van der Waals surface area (Å²) in [6.07, 6.45) is 0. The number of rotatable bonds is 3. The minimum Gasteiger partial charge on any atom is -0.507 e. The highest BCUT2D eigenvalue weighted by molar-refractivity contribution is 6.58. The lowest BCUT2D eigenvalue weighted by molar-refractivity contribution is 0.103. The Morgan fingerprint density at radius 3 is 2.20 bits per heavy atom. The van der Waals surface area contributed by atoms with E-state index < -0.39 is 12.9 Å². The van der Waals surface area contributed by atoms with Gasteiger partial charge in [-0.05, 0) is 35.8 Å². The number of nitrogens with two attached hydrogens (primary N) is 2. The summed E-state index contributed by atoms with van der Waals surface area (Å²) in [6.45, 7) is 0. The first-order valence-corrected chi connectivity index (χ1v) is 5.79. The van der Waals surface area contributed by atoms with Gasteiger partial charge >= 0.3 is 7.12 Å². The molecule has 7 heteroatoms. The van der Waals surface area contributed by atoms with E-state index in [0.29, 0.717) is 5.69 Å². The van der Waals surface area contributed by atoms with E-state index in [0.717, 1.165) is 6.07 Å². The number of phenols is 1. The van der Waals surface area contributed by atoms with Crippen molar-refractivity contribution in [3.8, 4) is 5.75 Å². The highest BCUT2D eigenvalue weighted by Crippen LogP contribution is 2.23. The summed E-state index contributed by atoms with van der Waals surface area (Å²) >= 11 is 0. The molecular weight excluding hydrogens is 259 g/mol. The normalized spacial score (nSPS) is 10.3. The molecule has 0 bridgehead atoms. The second kappa shape index (κ2) is 5.24. The first-order valence-electron chi connectivity index (χ1n) is 5.79. The van der Waals surface area contributed by atoms with E-state index in [9.17, 15) is 9.90 Å². The van der Waals surface area contributed by atoms with Crippen LogP contribution in [0, 0.1) is 0 Å². The molecule has 0 amide bonds. The highest BCUT2D eigenvalue weighted by atomic mass is 16.4. The van der Waals surface area contributed by atoms with Crippen LogP contribution in [0.2, 0.25) is 0 Å². The largest absolute Gasteiger partial charge is 0.507 e. The van der Waals surface area contributed by atoms with Crippen LogP contribution < -0.4 is 16.9 Å². The zero-order valence-corrected chi connectivity index (χ0v) is 10.4. The van der Waals surface area contributed by atoms with Gasteiger partial charge in [0.25, 0.3) is 0 Å². The Bertz CT molecular complexity index is 673. The predicted molar refractivity (Wildman–Crippen MR) is 76.6 cm³/mol. The predicted octanol–water partition coefficient (Wildman–Crippen LogP) is -0.533. The van der Waals surface area contributed by atoms with E-state index >= 15 is 0 Å². The molecule has 0 aliphatic carbocycles. The fourth-order valence-electron chi connectivity index (χ4n) is 1.83. The van der Waals surface area contributed by atoms with E-state index in [1.54, 1.807) is 0 Å². The minimum absolute atomic E-state index is 0.0193. The van der Waals surface area contributed by atoms with E-state index in [1.165, 1.54) is 30.3 Å². The number of hydrogen-bond donors (Lipinski definition) is 5. The molecule has 0 aliphatic rings. The fraction of sp³-hybridized carbons (Fsp3) is 0. The zero-order valence-electron chi connectivity index (χ0n) is 10.4. The van der Waals surface area contributed by atoms with Crippen LogP contribution in [0.3, 0.4) is 0 Å². The second-order valence-electron chi connectivity index (χ2n) is 4.33. The lowest BCUT2D eigenvalue weighted by Crippen LogP contribution is -2.29. The SMILES string of the molecule is Nc1ccc(C(=O)c2ccc(B(O)O)cc2O)c(N)c1. The maximum atomic E-state index is 12.3. The van der Waals surface area contributed by atoms with Gasteiger partial charge in [-0.1, -0.05) is 6.07 Å². The number of aromatic hydroxyl groups is 1. The van der Waals surface area contributed by atoms with Crippen LogP contribution >= 0.6 is 0 Å². The van der Waals surface area contributed by atoms with Gasteiger partial charge in [-0.3, -0.25) is 4.79 Å². The number of phenolic OH excluding ortho intramolecular Hbond substituents is 1. The molecule has 7 N–H and O–H groups in total. The van der Waals surface area contributed by atoms with Crippen molar-refractivity contribution in [2.24, 2.45) is 0 Å². The number of carbonyl (C=O) groups excluding carboxylic acids is 1. The Kier molecular flexibility index (Phi) is 3.65. The summed E-state index contributed by atoms with van der Waals surface area (Å²) in [6, 6.07) is 8.22. The van der Waals surface area contributed by atoms with Gasteiger partial charge in [0.1, 0.15) is 5.75 Å². The van der Waals surface area contributed by atoms with Crippen LogP contribution in [-0.4, -0.2) is 28.1 Å². The molecule has 102 valence electrons. The quantitative estimate of drug-likeness (QED) is 0.290. The molecule has 20 heavy (non-hydrogen) atoms. The molecule has 0 aliphatic heterocycles. The molecule has 0 atom stereocenters. The lowest BCUT2D eigenvalue weighted by Gasteiger charge is -2.09. The van der Waals surface area contributed by atoms with Gasteiger partial charge in [0.2, 0.25) is 0 Å². The van der Waals surface area contributed by atoms with Gasteiger partial charge in [-0.2, -0.15) is 0 Å². The van der Waals surface area contributed by atoms with Gasteiger partial charge in [-0.15, -0.1) is 0 Å². The average Bonchev–Trinajstić information content (AvgIpc) is 2.37. The fourth-order valence-corrected chi connectivity index (χ4v) is 1.83. The van der Waals surface area contributed by atoms with Crippen LogP contribution in [-0.2, 0) is 0 Å². The van der Waals surface area contributed by atoms with Crippen molar-refractivity contribution in [2.45, 2.75) is 0 Å². The number of hydrogen-bond acceptors (Lipinski definition) is 6. The Morgan fingerprint density at radius 1 is 1.00 bits per heavy atom. The van der Waals surface area contributed by atoms with Crippen LogP contribution in [0.1, 0.15) is 15.9 Å². The van der Waals surface area contributed by atoms with Crippen LogP contribution in [0.4, 0.5) is 11.4 Å². The molecule has 2 rings (SSSR count). The van der Waals surface area contributed by atoms with Gasteiger partial charge in [-0.25, -0.2) is 0 Å². The van der Waals surface area contributed by atoms with E-state index in [1.807, 2.05) is 0 Å². The molecule has 0 saturated heterocycles. The molecule has 6 nitrogen and oxygen atoms in total. The van der Waals surface area contributed by atoms with Gasteiger partial charge in [0, 0.05) is 16.9 Å². The molecule has 0 fully saturated rings. The van der Waals surface area contributed by atoms with Crippen molar-refractivity contribution < 1.29 is 19.9 Å². The maximum absolute atomic E-state index is 12.3. The Morgan fingerprint density at radius 2 is 1.65 bits per heavy atom. The van der Waals surface area contributed by atoms with E-state index in [2.05, 4.69) is 0 Å². The zero-order chi connectivity index (χ0) is 14.9. The summed E-state index contributed by atoms with van der Waals surface area (Å²) < 4.78 is 0. The van der Waals surface area contributed by atoms with E-state index in [4.69, 9.17) is 21.5 Å². The number of nitrogen functional groups attached to an aromatic ring is 2. The molecule has 0 spiro atoms. The Hall–Kier alpha value is -2.51. The first-order chi connectivity index (χ1) is 9.40. The highest BCUT2D eigenvalue weighted by Gasteiger charge is 2.19. The second-order valence-corrected chi connectivity index (χ2v) is 4.33. The Balaban J connectivity index is 2.43. The number of benzene rings is 2. The van der Waals surface area contributed by atoms with Gasteiger partial charge < -0.3 is 26.6 Å². The summed E-state index contributed by atoms with van der Waals surface area (Å²) in [4.78, 5) is 12.3. The number of anilines is 2. The lowest BCUT2D eigenvalue weighted by atomic mass is 9.79. The van der Waals surface area contributed by atoms with Crippen molar-refractivity contribution in [3.05, 3.63) is 47.5 Å². The molecule has 0 aromatic heterocycles. The van der Waals surface area contributed by atoms with Crippen molar-refractivity contribution in [1.29, 1.82) is 0 Å². The molecule has 0 radical (unpaired) electrons. The molecule has 2 aromatic rings. The molecule has 0 saturated carbocycles. The summed E-state index contributed by atoms with van der Waals surface area (Å²) in [5.41, 5.74) is 12.2. The first kappa shape index (κ1) is 13.9. The van der Waals surface area contributed by atoms with Crippen molar-refractivity contribution in [1.82, 2.24) is 0 Å². The number of carbonyl (C=O) groups is 1. The van der Waals surface area contributed by atoms with Crippen molar-refractivity contribution >= 4 is 29.7 Å².